The average molecular weight is 627 g/mol. The molecule has 0 saturated carbocycles. The number of aromatic hydroxyl groups is 5. The van der Waals surface area contributed by atoms with E-state index in [9.17, 15) is 35.1 Å². The highest BCUT2D eigenvalue weighted by Gasteiger charge is 2.30. The second-order valence-corrected chi connectivity index (χ2v) is 10.9. The molecule has 236 valence electrons. The van der Waals surface area contributed by atoms with E-state index >= 15 is 0 Å². The lowest BCUT2D eigenvalue weighted by molar-refractivity contribution is -0.140. The molecule has 1 aliphatic heterocycles. The number of phenolic OH excluding ortho intramolecular Hbond substituents is 4. The molecule has 0 saturated heterocycles. The van der Waals surface area contributed by atoms with Crippen LogP contribution >= 0.6 is 0 Å². The summed E-state index contributed by atoms with van der Waals surface area (Å²) >= 11 is 0. The van der Waals surface area contributed by atoms with E-state index in [4.69, 9.17) is 18.6 Å². The highest BCUT2D eigenvalue weighted by Crippen LogP contribution is 2.45. The molecule has 11 nitrogen and oxygen atoms in total. The molecule has 46 heavy (non-hydrogen) atoms. The monoisotopic (exact) mass is 626 g/mol. The normalized spacial score (nSPS) is 12.8. The van der Waals surface area contributed by atoms with Crippen molar-refractivity contribution in [2.75, 3.05) is 20.3 Å². The number of methoxy groups -OCH3 is 1. The zero-order valence-electron chi connectivity index (χ0n) is 24.6. The Hall–Kier alpha value is -5.84. The van der Waals surface area contributed by atoms with Gasteiger partial charge in [0, 0.05) is 36.0 Å². The first-order valence-electron chi connectivity index (χ1n) is 14.5. The topological polar surface area (TPSA) is 176 Å². The lowest BCUT2D eigenvalue weighted by Crippen LogP contribution is -2.12. The lowest BCUT2D eigenvalue weighted by atomic mass is 9.86. The van der Waals surface area contributed by atoms with Gasteiger partial charge in [-0.25, -0.2) is 0 Å². The summed E-state index contributed by atoms with van der Waals surface area (Å²) in [7, 11) is 1.21. The van der Waals surface area contributed by atoms with Crippen LogP contribution in [0, 0.1) is 0 Å². The first kappa shape index (κ1) is 30.2. The SMILES string of the molecule is COC(=O)CC(c1ccc(OCCc2ccc3c(c2)CCO3)cc1)c1c(O)cc(O)c2c(=O)c(O)c(-c3ccc(O)c(O)c3)oc12. The number of esters is 1. The van der Waals surface area contributed by atoms with Crippen LogP contribution in [0.15, 0.2) is 75.9 Å². The maximum atomic E-state index is 13.3. The molecule has 1 aromatic heterocycles. The van der Waals surface area contributed by atoms with E-state index in [1.54, 1.807) is 24.3 Å². The fourth-order valence-electron chi connectivity index (χ4n) is 5.66. The third-order valence-electron chi connectivity index (χ3n) is 8.02. The van der Waals surface area contributed by atoms with Gasteiger partial charge in [0.25, 0.3) is 0 Å². The Balaban J connectivity index is 1.36. The zero-order valence-corrected chi connectivity index (χ0v) is 24.6. The molecule has 11 heteroatoms. The van der Waals surface area contributed by atoms with Crippen molar-refractivity contribution in [3.8, 4) is 51.6 Å². The second kappa shape index (κ2) is 12.3. The summed E-state index contributed by atoms with van der Waals surface area (Å²) in [4.78, 5) is 25.9. The number of carbonyl (C=O) groups is 1. The second-order valence-electron chi connectivity index (χ2n) is 10.9. The first-order chi connectivity index (χ1) is 22.1. The molecular weight excluding hydrogens is 596 g/mol. The van der Waals surface area contributed by atoms with Gasteiger partial charge in [-0.3, -0.25) is 9.59 Å². The predicted molar refractivity (Wildman–Crippen MR) is 166 cm³/mol. The molecule has 6 rings (SSSR count). The number of hydrogen-bond donors (Lipinski definition) is 5. The fraction of sp³-hybridized carbons (Fsp3) is 0.200. The number of benzene rings is 4. The number of phenols is 4. The molecular formula is C35H30O11. The quantitative estimate of drug-likeness (QED) is 0.107. The molecule has 5 N–H and O–H groups in total. The van der Waals surface area contributed by atoms with Gasteiger partial charge in [0.05, 0.1) is 26.7 Å². The molecule has 0 fully saturated rings. The Bertz CT molecular complexity index is 2010. The number of ether oxygens (including phenoxy) is 3. The molecule has 0 bridgehead atoms. The maximum absolute atomic E-state index is 13.3. The lowest BCUT2D eigenvalue weighted by Gasteiger charge is -2.21. The Morgan fingerprint density at radius 1 is 0.891 bits per heavy atom. The Morgan fingerprint density at radius 3 is 2.41 bits per heavy atom. The van der Waals surface area contributed by atoms with Gasteiger partial charge in [-0.05, 0) is 53.1 Å². The van der Waals surface area contributed by atoms with Gasteiger partial charge in [0.1, 0.15) is 34.0 Å². The van der Waals surface area contributed by atoms with Gasteiger partial charge in [-0.1, -0.05) is 24.3 Å². The molecule has 4 aromatic carbocycles. The van der Waals surface area contributed by atoms with Gasteiger partial charge in [-0.2, -0.15) is 0 Å². The van der Waals surface area contributed by atoms with E-state index in [1.807, 2.05) is 12.1 Å². The molecule has 0 amide bonds. The summed E-state index contributed by atoms with van der Waals surface area (Å²) in [5.74, 6) is -3.46. The third kappa shape index (κ3) is 5.70. The van der Waals surface area contributed by atoms with Gasteiger partial charge >= 0.3 is 5.97 Å². The highest BCUT2D eigenvalue weighted by molar-refractivity contribution is 5.92. The van der Waals surface area contributed by atoms with Crippen molar-refractivity contribution in [2.24, 2.45) is 0 Å². The fourth-order valence-corrected chi connectivity index (χ4v) is 5.66. The van der Waals surface area contributed by atoms with Gasteiger partial charge in [0.15, 0.2) is 17.3 Å². The van der Waals surface area contributed by atoms with Gasteiger partial charge < -0.3 is 44.2 Å². The van der Waals surface area contributed by atoms with E-state index in [1.165, 1.54) is 18.7 Å². The van der Waals surface area contributed by atoms with Crippen LogP contribution in [0.5, 0.6) is 40.2 Å². The summed E-state index contributed by atoms with van der Waals surface area (Å²) in [6.45, 7) is 1.10. The molecule has 0 spiro atoms. The van der Waals surface area contributed by atoms with Crippen LogP contribution in [0.3, 0.4) is 0 Å². The summed E-state index contributed by atoms with van der Waals surface area (Å²) in [6.07, 6.45) is 1.28. The minimum atomic E-state index is -1.01. The molecule has 1 aliphatic rings. The van der Waals surface area contributed by atoms with E-state index in [0.29, 0.717) is 30.9 Å². The minimum Gasteiger partial charge on any atom is -0.507 e. The van der Waals surface area contributed by atoms with Crippen LogP contribution in [-0.2, 0) is 22.4 Å². The number of hydrogen-bond acceptors (Lipinski definition) is 11. The summed E-state index contributed by atoms with van der Waals surface area (Å²) in [6, 6.07) is 17.4. The van der Waals surface area contributed by atoms with Crippen molar-refractivity contribution in [3.05, 3.63) is 99.2 Å². The van der Waals surface area contributed by atoms with Crippen LogP contribution in [0.4, 0.5) is 0 Å². The number of rotatable bonds is 9. The molecule has 0 aliphatic carbocycles. The maximum Gasteiger partial charge on any atom is 0.306 e. The molecule has 1 atom stereocenters. The van der Waals surface area contributed by atoms with Crippen LogP contribution in [-0.4, -0.2) is 51.8 Å². The van der Waals surface area contributed by atoms with Crippen LogP contribution in [0.25, 0.3) is 22.3 Å². The number of fused-ring (bicyclic) bond motifs is 2. The van der Waals surface area contributed by atoms with Crippen LogP contribution in [0.2, 0.25) is 0 Å². The molecule has 2 heterocycles. The third-order valence-corrected chi connectivity index (χ3v) is 8.02. The van der Waals surface area contributed by atoms with Gasteiger partial charge in [-0.15, -0.1) is 0 Å². The Morgan fingerprint density at radius 2 is 1.67 bits per heavy atom. The van der Waals surface area contributed by atoms with Crippen LogP contribution < -0.4 is 14.9 Å². The van der Waals surface area contributed by atoms with Crippen molar-refractivity contribution < 1.29 is 49.0 Å². The first-order valence-corrected chi connectivity index (χ1v) is 14.5. The van der Waals surface area contributed by atoms with Crippen LogP contribution in [0.1, 0.15) is 34.6 Å². The molecule has 0 radical (unpaired) electrons. The summed E-state index contributed by atoms with van der Waals surface area (Å²) in [5.41, 5.74) is 1.54. The summed E-state index contributed by atoms with van der Waals surface area (Å²) < 4.78 is 22.4. The molecule has 5 aromatic rings. The standard InChI is InChI=1S/C35H30O11/c1-43-29(40)16-23(19-3-6-22(7-4-19)44-12-10-18-2-9-28-20(14-18)11-13-45-28)30-26(38)17-27(39)31-32(41)33(42)34(46-35(30)31)21-5-8-24(36)25(37)15-21/h2-9,14-15,17,23,36-39,42H,10-13,16H2,1H3. The van der Waals surface area contributed by atoms with Gasteiger partial charge in [0.2, 0.25) is 11.2 Å². The summed E-state index contributed by atoms with van der Waals surface area (Å²) in [5, 5.41) is 51.8. The van der Waals surface area contributed by atoms with E-state index in [0.717, 1.165) is 35.9 Å². The van der Waals surface area contributed by atoms with Crippen molar-refractivity contribution in [1.82, 2.24) is 0 Å². The minimum absolute atomic E-state index is 0.0196. The largest absolute Gasteiger partial charge is 0.507 e. The van der Waals surface area contributed by atoms with Crippen molar-refractivity contribution >= 4 is 16.9 Å². The average Bonchev–Trinajstić information content (AvgIpc) is 3.51. The number of carbonyl (C=O) groups excluding carboxylic acids is 1. The van der Waals surface area contributed by atoms with Crippen molar-refractivity contribution in [3.63, 3.8) is 0 Å². The predicted octanol–water partition coefficient (Wildman–Crippen LogP) is 5.24. The highest BCUT2D eigenvalue weighted by atomic mass is 16.5. The van der Waals surface area contributed by atoms with Crippen molar-refractivity contribution in [1.29, 1.82) is 0 Å². The van der Waals surface area contributed by atoms with E-state index < -0.39 is 57.2 Å². The van der Waals surface area contributed by atoms with Crippen molar-refractivity contribution in [2.45, 2.75) is 25.2 Å². The van der Waals surface area contributed by atoms with E-state index in [2.05, 4.69) is 6.07 Å². The zero-order chi connectivity index (χ0) is 32.5. The smallest absolute Gasteiger partial charge is 0.306 e. The Labute approximate surface area is 262 Å². The Kier molecular flexibility index (Phi) is 8.06. The molecule has 1 unspecified atom stereocenters. The van der Waals surface area contributed by atoms with E-state index in [-0.39, 0.29) is 23.1 Å².